The number of unbranched alkanes of at least 4 members (excludes halogenated alkanes) is 1. The number of ether oxygens (including phenoxy) is 1. The van der Waals surface area contributed by atoms with Crippen molar-refractivity contribution in [2.24, 2.45) is 0 Å². The Balaban J connectivity index is 2.56. The summed E-state index contributed by atoms with van der Waals surface area (Å²) in [6, 6.07) is 0.483. The Bertz CT molecular complexity index is 649. The van der Waals surface area contributed by atoms with Gasteiger partial charge in [-0.15, -0.1) is 0 Å². The van der Waals surface area contributed by atoms with Gasteiger partial charge in [-0.25, -0.2) is 18.0 Å². The molecule has 1 N–H and O–H groups in total. The topological polar surface area (TPSA) is 66.0 Å². The molecule has 1 aromatic rings. The number of benzene rings is 1. The molecule has 0 aliphatic rings. The molecule has 0 aliphatic heterocycles. The second kappa shape index (κ2) is 12.1. The highest BCUT2D eigenvalue weighted by atomic mass is 28.4. The molecule has 1 rings (SSSR count). The molecule has 0 atom stereocenters. The zero-order chi connectivity index (χ0) is 22.0. The van der Waals surface area contributed by atoms with Gasteiger partial charge in [-0.1, -0.05) is 0 Å². The molecule has 0 aliphatic carbocycles. The van der Waals surface area contributed by atoms with Gasteiger partial charge in [-0.3, -0.25) is 0 Å². The van der Waals surface area contributed by atoms with Crippen LogP contribution in [-0.4, -0.2) is 41.3 Å². The predicted octanol–water partition coefficient (Wildman–Crippen LogP) is 4.30. The van der Waals surface area contributed by atoms with Gasteiger partial charge >= 0.3 is 14.9 Å². The molecule has 0 fully saturated rings. The highest BCUT2D eigenvalue weighted by molar-refractivity contribution is 6.60. The summed E-state index contributed by atoms with van der Waals surface area (Å²) in [5, 5.41) is 2.18. The Hall–Kier alpha value is -1.76. The van der Waals surface area contributed by atoms with Crippen molar-refractivity contribution >= 4 is 14.9 Å². The zero-order valence-corrected chi connectivity index (χ0v) is 17.4. The van der Waals surface area contributed by atoms with Crippen molar-refractivity contribution in [1.82, 2.24) is 5.32 Å². The standard InChI is InChI=1S/C17H24F5NO5Si/c1-4-25-29(26-5-2,27-6-3)10-8-7-9-23-17(24)28-16-14(21)12(19)11(18)13(20)15(16)22/h4-10H2,1-3H3,(H,23,24). The van der Waals surface area contributed by atoms with Crippen molar-refractivity contribution in [3.05, 3.63) is 29.1 Å². The van der Waals surface area contributed by atoms with Crippen molar-refractivity contribution in [1.29, 1.82) is 0 Å². The first-order valence-electron chi connectivity index (χ1n) is 9.11. The second-order valence-corrected chi connectivity index (χ2v) is 8.39. The average molecular weight is 445 g/mol. The number of nitrogens with one attached hydrogen (secondary N) is 1. The van der Waals surface area contributed by atoms with E-state index < -0.39 is 49.7 Å². The monoisotopic (exact) mass is 445 g/mol. The maximum absolute atomic E-state index is 13.5. The molecule has 0 aromatic heterocycles. The number of amides is 1. The van der Waals surface area contributed by atoms with Gasteiger partial charge in [0.25, 0.3) is 0 Å². The smallest absolute Gasteiger partial charge is 0.404 e. The summed E-state index contributed by atoms with van der Waals surface area (Å²) in [5.74, 6) is -12.8. The summed E-state index contributed by atoms with van der Waals surface area (Å²) in [6.07, 6.45) is -0.403. The summed E-state index contributed by atoms with van der Waals surface area (Å²) < 4.78 is 87.4. The molecule has 166 valence electrons. The fraction of sp³-hybridized carbons (Fsp3) is 0.588. The maximum atomic E-state index is 13.5. The maximum Gasteiger partial charge on any atom is 0.500 e. The molecule has 0 bridgehead atoms. The van der Waals surface area contributed by atoms with E-state index in [4.69, 9.17) is 13.3 Å². The third-order valence-corrected chi connectivity index (χ3v) is 6.79. The van der Waals surface area contributed by atoms with E-state index in [1.54, 1.807) is 0 Å². The van der Waals surface area contributed by atoms with Crippen molar-refractivity contribution in [2.45, 2.75) is 39.7 Å². The number of hydrogen-bond donors (Lipinski definition) is 1. The van der Waals surface area contributed by atoms with Crippen molar-refractivity contribution in [3.63, 3.8) is 0 Å². The average Bonchev–Trinajstić information content (AvgIpc) is 2.68. The molecule has 6 nitrogen and oxygen atoms in total. The quantitative estimate of drug-likeness (QED) is 0.171. The lowest BCUT2D eigenvalue weighted by Crippen LogP contribution is -2.46. The van der Waals surface area contributed by atoms with E-state index in [0.29, 0.717) is 38.7 Å². The third-order valence-electron chi connectivity index (χ3n) is 3.64. The summed E-state index contributed by atoms with van der Waals surface area (Å²) in [7, 11) is -2.83. The van der Waals surface area contributed by atoms with Crippen molar-refractivity contribution < 1.29 is 44.8 Å². The molecule has 29 heavy (non-hydrogen) atoms. The number of rotatable bonds is 12. The molecule has 0 radical (unpaired) electrons. The minimum atomic E-state index is -2.83. The first kappa shape index (κ1) is 25.3. The third kappa shape index (κ3) is 6.91. The van der Waals surface area contributed by atoms with Crippen LogP contribution >= 0.6 is 0 Å². The fourth-order valence-corrected chi connectivity index (χ4v) is 5.15. The number of halogens is 5. The zero-order valence-electron chi connectivity index (χ0n) is 16.4. The van der Waals surface area contributed by atoms with Gasteiger partial charge in [0.1, 0.15) is 0 Å². The molecular weight excluding hydrogens is 421 g/mol. The van der Waals surface area contributed by atoms with Gasteiger partial charge < -0.3 is 23.3 Å². The van der Waals surface area contributed by atoms with Crippen LogP contribution in [0.5, 0.6) is 5.75 Å². The van der Waals surface area contributed by atoms with E-state index in [-0.39, 0.29) is 6.54 Å². The molecule has 0 heterocycles. The Kier molecular flexibility index (Phi) is 10.5. The number of hydrogen-bond acceptors (Lipinski definition) is 5. The highest BCUT2D eigenvalue weighted by Crippen LogP contribution is 2.29. The Morgan fingerprint density at radius 2 is 1.24 bits per heavy atom. The van der Waals surface area contributed by atoms with Crippen molar-refractivity contribution in [3.8, 4) is 5.75 Å². The lowest BCUT2D eigenvalue weighted by Gasteiger charge is -2.28. The minimum Gasteiger partial charge on any atom is -0.404 e. The Labute approximate surface area is 166 Å². The van der Waals surface area contributed by atoms with Crippen LogP contribution in [0.15, 0.2) is 0 Å². The molecule has 0 saturated heterocycles. The van der Waals surface area contributed by atoms with Crippen LogP contribution in [0.4, 0.5) is 26.7 Å². The van der Waals surface area contributed by atoms with Crippen LogP contribution < -0.4 is 10.1 Å². The summed E-state index contributed by atoms with van der Waals surface area (Å²) in [4.78, 5) is 11.6. The van der Waals surface area contributed by atoms with Crippen LogP contribution in [0.2, 0.25) is 6.04 Å². The first-order valence-corrected chi connectivity index (χ1v) is 11.0. The van der Waals surface area contributed by atoms with E-state index in [1.807, 2.05) is 20.8 Å². The SMILES string of the molecule is CCO[Si](CCCCNC(=O)Oc1c(F)c(F)c(F)c(F)c1F)(OCC)OCC. The number of carbonyl (C=O) groups is 1. The van der Waals surface area contributed by atoms with Crippen LogP contribution in [0.1, 0.15) is 33.6 Å². The predicted molar refractivity (Wildman–Crippen MR) is 94.9 cm³/mol. The molecule has 12 heteroatoms. The van der Waals surface area contributed by atoms with Crippen LogP contribution in [0, 0.1) is 29.1 Å². The van der Waals surface area contributed by atoms with E-state index in [0.717, 1.165) is 0 Å². The van der Waals surface area contributed by atoms with E-state index in [9.17, 15) is 26.7 Å². The van der Waals surface area contributed by atoms with E-state index >= 15 is 0 Å². The summed E-state index contributed by atoms with van der Waals surface area (Å²) >= 11 is 0. The van der Waals surface area contributed by atoms with Gasteiger partial charge in [-0.05, 0) is 33.6 Å². The number of carbonyl (C=O) groups excluding carboxylic acids is 1. The fourth-order valence-electron chi connectivity index (χ4n) is 2.46. The normalized spacial score (nSPS) is 11.6. The molecule has 1 amide bonds. The van der Waals surface area contributed by atoms with Gasteiger partial charge in [0.2, 0.25) is 34.8 Å². The van der Waals surface area contributed by atoms with E-state index in [2.05, 4.69) is 10.1 Å². The second-order valence-electron chi connectivity index (χ2n) is 5.65. The van der Waals surface area contributed by atoms with Crippen molar-refractivity contribution in [2.75, 3.05) is 26.4 Å². The van der Waals surface area contributed by atoms with Gasteiger partial charge in [0.05, 0.1) is 0 Å². The molecular formula is C17H24F5NO5Si. The first-order chi connectivity index (χ1) is 13.7. The van der Waals surface area contributed by atoms with Gasteiger partial charge in [0.15, 0.2) is 0 Å². The molecule has 0 unspecified atom stereocenters. The van der Waals surface area contributed by atoms with Crippen LogP contribution in [0.3, 0.4) is 0 Å². The highest BCUT2D eigenvalue weighted by Gasteiger charge is 2.39. The van der Waals surface area contributed by atoms with Gasteiger partial charge in [-0.2, -0.15) is 8.78 Å². The largest absolute Gasteiger partial charge is 0.500 e. The molecule has 0 spiro atoms. The van der Waals surface area contributed by atoms with Gasteiger partial charge in [0, 0.05) is 32.4 Å². The molecule has 1 aromatic carbocycles. The Morgan fingerprint density at radius 3 is 1.69 bits per heavy atom. The summed E-state index contributed by atoms with van der Waals surface area (Å²) in [6.45, 7) is 6.73. The lowest BCUT2D eigenvalue weighted by molar-refractivity contribution is 0.0707. The Morgan fingerprint density at radius 1 is 0.793 bits per heavy atom. The lowest BCUT2D eigenvalue weighted by atomic mass is 10.2. The summed E-state index contributed by atoms with van der Waals surface area (Å²) in [5.41, 5.74) is 0. The van der Waals surface area contributed by atoms with Crippen LogP contribution in [-0.2, 0) is 13.3 Å². The molecule has 0 saturated carbocycles. The van der Waals surface area contributed by atoms with Crippen LogP contribution in [0.25, 0.3) is 0 Å². The minimum absolute atomic E-state index is 0.0308. The van der Waals surface area contributed by atoms with E-state index in [1.165, 1.54) is 0 Å².